The van der Waals surface area contributed by atoms with Crippen LogP contribution >= 0.6 is 0 Å². The van der Waals surface area contributed by atoms with E-state index in [1.54, 1.807) is 6.92 Å². The number of carboxylic acid groups (broad SMARTS) is 1. The molecule has 0 aliphatic heterocycles. The summed E-state index contributed by atoms with van der Waals surface area (Å²) in [5.41, 5.74) is -0.0549. The van der Waals surface area contributed by atoms with Gasteiger partial charge in [-0.05, 0) is 25.6 Å². The maximum absolute atomic E-state index is 13.1. The lowest BCUT2D eigenvalue weighted by Crippen LogP contribution is -2.37. The van der Waals surface area contributed by atoms with Crippen LogP contribution in [0.1, 0.15) is 18.9 Å². The summed E-state index contributed by atoms with van der Waals surface area (Å²) in [5, 5.41) is 19.8. The fourth-order valence-corrected chi connectivity index (χ4v) is 1.91. The molecule has 1 unspecified atom stereocenters. The van der Waals surface area contributed by atoms with Gasteiger partial charge >= 0.3 is 5.97 Å². The Kier molecular flexibility index (Phi) is 4.94. The molecule has 19 heavy (non-hydrogen) atoms. The summed E-state index contributed by atoms with van der Waals surface area (Å²) in [7, 11) is 1.54. The van der Waals surface area contributed by atoms with Crippen molar-refractivity contribution in [2.75, 3.05) is 7.05 Å². The maximum Gasteiger partial charge on any atom is 0.320 e. The van der Waals surface area contributed by atoms with Crippen LogP contribution in [0.25, 0.3) is 0 Å². The summed E-state index contributed by atoms with van der Waals surface area (Å²) in [5.74, 6) is -1.60. The molecule has 1 atom stereocenters. The lowest BCUT2D eigenvalue weighted by Gasteiger charge is -2.23. The molecule has 0 aliphatic carbocycles. The van der Waals surface area contributed by atoms with Crippen LogP contribution in [0.5, 0.6) is 0 Å². The Morgan fingerprint density at radius 2 is 2.21 bits per heavy atom. The molecule has 0 aliphatic rings. The van der Waals surface area contributed by atoms with Gasteiger partial charge in [-0.15, -0.1) is 0 Å². The number of nitro benzene ring substituents is 1. The van der Waals surface area contributed by atoms with Gasteiger partial charge in [-0.3, -0.25) is 19.8 Å². The summed E-state index contributed by atoms with van der Waals surface area (Å²) < 4.78 is 13.1. The molecule has 0 saturated heterocycles. The van der Waals surface area contributed by atoms with E-state index in [4.69, 9.17) is 5.11 Å². The van der Waals surface area contributed by atoms with Crippen LogP contribution in [0.3, 0.4) is 0 Å². The highest BCUT2D eigenvalue weighted by Crippen LogP contribution is 2.22. The van der Waals surface area contributed by atoms with Crippen molar-refractivity contribution in [1.82, 2.24) is 4.90 Å². The second-order valence-corrected chi connectivity index (χ2v) is 4.21. The number of likely N-dealkylation sites (N-methyl/N-ethyl adjacent to an activating group) is 1. The van der Waals surface area contributed by atoms with Gasteiger partial charge in [0.2, 0.25) is 0 Å². The first-order valence-corrected chi connectivity index (χ1v) is 5.72. The van der Waals surface area contributed by atoms with Crippen LogP contribution in [0.2, 0.25) is 0 Å². The molecule has 0 heterocycles. The van der Waals surface area contributed by atoms with E-state index in [1.165, 1.54) is 11.9 Å². The molecule has 0 saturated carbocycles. The molecule has 0 bridgehead atoms. The molecular weight excluding hydrogens is 255 g/mol. The maximum atomic E-state index is 13.1. The van der Waals surface area contributed by atoms with E-state index >= 15 is 0 Å². The topological polar surface area (TPSA) is 83.7 Å². The standard InChI is InChI=1S/C12H15FN2O4/c1-3-10(12(16)17)14(2)7-8-6-9(13)4-5-11(8)15(18)19/h4-6,10H,3,7H2,1-2H3,(H,16,17). The van der Waals surface area contributed by atoms with Crippen molar-refractivity contribution in [3.8, 4) is 0 Å². The zero-order chi connectivity index (χ0) is 14.6. The van der Waals surface area contributed by atoms with Gasteiger partial charge in [0.25, 0.3) is 5.69 Å². The molecule has 1 rings (SSSR count). The van der Waals surface area contributed by atoms with Crippen molar-refractivity contribution in [2.24, 2.45) is 0 Å². The molecule has 0 radical (unpaired) electrons. The fourth-order valence-electron chi connectivity index (χ4n) is 1.91. The van der Waals surface area contributed by atoms with E-state index in [-0.39, 0.29) is 17.8 Å². The first-order chi connectivity index (χ1) is 8.86. The lowest BCUT2D eigenvalue weighted by molar-refractivity contribution is -0.385. The third-order valence-corrected chi connectivity index (χ3v) is 2.86. The quantitative estimate of drug-likeness (QED) is 0.631. The van der Waals surface area contributed by atoms with E-state index in [2.05, 4.69) is 0 Å². The first-order valence-electron chi connectivity index (χ1n) is 5.72. The van der Waals surface area contributed by atoms with Crippen LogP contribution in [0.15, 0.2) is 18.2 Å². The molecule has 0 amide bonds. The Morgan fingerprint density at radius 3 is 2.68 bits per heavy atom. The highest BCUT2D eigenvalue weighted by Gasteiger charge is 2.23. The minimum Gasteiger partial charge on any atom is -0.480 e. The summed E-state index contributed by atoms with van der Waals surface area (Å²) in [4.78, 5) is 22.7. The number of nitrogens with zero attached hydrogens (tertiary/aromatic N) is 2. The van der Waals surface area contributed by atoms with Crippen LogP contribution in [-0.4, -0.2) is 34.0 Å². The van der Waals surface area contributed by atoms with E-state index in [1.807, 2.05) is 0 Å². The van der Waals surface area contributed by atoms with Gasteiger partial charge in [-0.2, -0.15) is 0 Å². The number of halogens is 1. The molecule has 0 spiro atoms. The summed E-state index contributed by atoms with van der Waals surface area (Å²) in [6.45, 7) is 1.70. The predicted octanol–water partition coefficient (Wildman–Crippen LogP) is 2.03. The molecular formula is C12H15FN2O4. The highest BCUT2D eigenvalue weighted by molar-refractivity contribution is 5.73. The number of hydrogen-bond acceptors (Lipinski definition) is 4. The molecule has 6 nitrogen and oxygen atoms in total. The van der Waals surface area contributed by atoms with Gasteiger partial charge in [-0.1, -0.05) is 6.92 Å². The Hall–Kier alpha value is -2.02. The van der Waals surface area contributed by atoms with Crippen molar-refractivity contribution in [2.45, 2.75) is 25.9 Å². The van der Waals surface area contributed by atoms with Crippen molar-refractivity contribution >= 4 is 11.7 Å². The zero-order valence-electron chi connectivity index (χ0n) is 10.7. The number of rotatable bonds is 6. The van der Waals surface area contributed by atoms with Crippen LogP contribution < -0.4 is 0 Å². The molecule has 0 fully saturated rings. The molecule has 1 aromatic carbocycles. The Balaban J connectivity index is 3.01. The van der Waals surface area contributed by atoms with Crippen LogP contribution in [0.4, 0.5) is 10.1 Å². The third-order valence-electron chi connectivity index (χ3n) is 2.86. The number of nitro groups is 1. The van der Waals surface area contributed by atoms with Gasteiger partial charge in [0.15, 0.2) is 0 Å². The third kappa shape index (κ3) is 3.72. The van der Waals surface area contributed by atoms with Gasteiger partial charge in [0.1, 0.15) is 11.9 Å². The molecule has 0 aromatic heterocycles. The Labute approximate surface area is 109 Å². The van der Waals surface area contributed by atoms with Gasteiger partial charge < -0.3 is 5.11 Å². The molecule has 104 valence electrons. The monoisotopic (exact) mass is 270 g/mol. The summed E-state index contributed by atoms with van der Waals surface area (Å²) in [6, 6.07) is 2.39. The van der Waals surface area contributed by atoms with Crippen molar-refractivity contribution in [1.29, 1.82) is 0 Å². The van der Waals surface area contributed by atoms with Crippen molar-refractivity contribution < 1.29 is 19.2 Å². The van der Waals surface area contributed by atoms with Crippen LogP contribution in [-0.2, 0) is 11.3 Å². The highest BCUT2D eigenvalue weighted by atomic mass is 19.1. The minimum atomic E-state index is -1.01. The van der Waals surface area contributed by atoms with E-state index in [0.717, 1.165) is 18.2 Å². The Bertz CT molecular complexity index is 493. The number of carbonyl (C=O) groups is 1. The van der Waals surface area contributed by atoms with Gasteiger partial charge in [0, 0.05) is 18.2 Å². The van der Waals surface area contributed by atoms with E-state index in [9.17, 15) is 19.3 Å². The summed E-state index contributed by atoms with van der Waals surface area (Å²) >= 11 is 0. The fraction of sp³-hybridized carbons (Fsp3) is 0.417. The van der Waals surface area contributed by atoms with Gasteiger partial charge in [-0.25, -0.2) is 4.39 Å². The second-order valence-electron chi connectivity index (χ2n) is 4.21. The molecule has 1 aromatic rings. The average molecular weight is 270 g/mol. The largest absolute Gasteiger partial charge is 0.480 e. The van der Waals surface area contributed by atoms with Crippen molar-refractivity contribution in [3.05, 3.63) is 39.7 Å². The second kappa shape index (κ2) is 6.24. The van der Waals surface area contributed by atoms with Crippen LogP contribution in [0, 0.1) is 15.9 Å². The lowest BCUT2D eigenvalue weighted by atomic mass is 10.1. The van der Waals surface area contributed by atoms with E-state index in [0.29, 0.717) is 6.42 Å². The van der Waals surface area contributed by atoms with Crippen molar-refractivity contribution in [3.63, 3.8) is 0 Å². The minimum absolute atomic E-state index is 0.00111. The zero-order valence-corrected chi connectivity index (χ0v) is 10.7. The van der Waals surface area contributed by atoms with Gasteiger partial charge in [0.05, 0.1) is 4.92 Å². The Morgan fingerprint density at radius 1 is 1.58 bits per heavy atom. The average Bonchev–Trinajstić information content (AvgIpc) is 2.28. The number of hydrogen-bond donors (Lipinski definition) is 1. The molecule has 7 heteroatoms. The molecule has 1 N–H and O–H groups in total. The number of carboxylic acids is 1. The van der Waals surface area contributed by atoms with E-state index < -0.39 is 22.8 Å². The normalized spacial score (nSPS) is 12.4. The summed E-state index contributed by atoms with van der Waals surface area (Å²) in [6.07, 6.45) is 0.356. The smallest absolute Gasteiger partial charge is 0.320 e. The predicted molar refractivity (Wildman–Crippen MR) is 66.2 cm³/mol. The SMILES string of the molecule is CCC(C(=O)O)N(C)Cc1cc(F)ccc1[N+](=O)[O-]. The number of benzene rings is 1. The number of aliphatic carboxylic acids is 1. The first kappa shape index (κ1) is 15.0.